The molecule has 3 aromatic rings. The quantitative estimate of drug-likeness (QED) is 0.740. The molecule has 1 aromatic heterocycles. The van der Waals surface area contributed by atoms with Gasteiger partial charge in [0.1, 0.15) is 18.4 Å². The van der Waals surface area contributed by atoms with E-state index in [0.29, 0.717) is 17.0 Å². The minimum Gasteiger partial charge on any atom is -0.482 e. The number of hydrogen-bond acceptors (Lipinski definition) is 5. The van der Waals surface area contributed by atoms with Crippen LogP contribution in [0.5, 0.6) is 5.75 Å². The van der Waals surface area contributed by atoms with Crippen LogP contribution in [0.3, 0.4) is 0 Å². The Balaban J connectivity index is 1.46. The molecule has 8 nitrogen and oxygen atoms in total. The van der Waals surface area contributed by atoms with Gasteiger partial charge in [0.2, 0.25) is 0 Å². The van der Waals surface area contributed by atoms with Gasteiger partial charge in [-0.1, -0.05) is 12.1 Å². The molecule has 136 valence electrons. The van der Waals surface area contributed by atoms with Crippen molar-refractivity contribution in [1.29, 1.82) is 0 Å². The number of ether oxygens (including phenoxy) is 1. The van der Waals surface area contributed by atoms with Gasteiger partial charge in [-0.15, -0.1) is 0 Å². The third-order valence-electron chi connectivity index (χ3n) is 4.30. The van der Waals surface area contributed by atoms with Crippen LogP contribution in [-0.2, 0) is 4.79 Å². The first kappa shape index (κ1) is 16.8. The molecule has 0 spiro atoms. The highest BCUT2D eigenvalue weighted by atomic mass is 16.5. The zero-order valence-corrected chi connectivity index (χ0v) is 14.5. The molecule has 27 heavy (non-hydrogen) atoms. The number of hydrogen-bond donors (Lipinski definition) is 2. The number of anilines is 1. The maximum Gasteiger partial charge on any atom is 0.262 e. The van der Waals surface area contributed by atoms with Gasteiger partial charge in [-0.2, -0.15) is 5.10 Å². The molecule has 8 heteroatoms. The second-order valence-corrected chi connectivity index (χ2v) is 6.17. The Labute approximate surface area is 155 Å². The summed E-state index contributed by atoms with van der Waals surface area (Å²) in [5.41, 5.74) is 2.80. The van der Waals surface area contributed by atoms with E-state index in [-0.39, 0.29) is 24.5 Å². The van der Waals surface area contributed by atoms with Crippen LogP contribution in [0.15, 0.2) is 55.1 Å². The molecule has 0 fully saturated rings. The van der Waals surface area contributed by atoms with Crippen molar-refractivity contribution in [1.82, 2.24) is 20.1 Å². The summed E-state index contributed by atoms with van der Waals surface area (Å²) in [7, 11) is 0. The van der Waals surface area contributed by atoms with Crippen molar-refractivity contribution in [2.75, 3.05) is 11.9 Å². The summed E-state index contributed by atoms with van der Waals surface area (Å²) in [6.07, 6.45) is 3.10. The zero-order chi connectivity index (χ0) is 18.8. The number of nitrogens with zero attached hydrogens (tertiary/aromatic N) is 3. The molecule has 0 aliphatic carbocycles. The number of carbonyl (C=O) groups is 2. The number of nitrogens with one attached hydrogen (secondary N) is 2. The van der Waals surface area contributed by atoms with E-state index in [1.54, 1.807) is 29.2 Å². The van der Waals surface area contributed by atoms with Crippen LogP contribution in [0.25, 0.3) is 5.69 Å². The maximum absolute atomic E-state index is 12.6. The summed E-state index contributed by atoms with van der Waals surface area (Å²) >= 11 is 0. The predicted octanol–water partition coefficient (Wildman–Crippen LogP) is 2.09. The Morgan fingerprint density at radius 1 is 1.26 bits per heavy atom. The minimum atomic E-state index is -0.235. The van der Waals surface area contributed by atoms with E-state index in [1.807, 2.05) is 31.2 Å². The van der Waals surface area contributed by atoms with Gasteiger partial charge < -0.3 is 15.4 Å². The number of aromatic nitrogens is 3. The molecule has 0 saturated carbocycles. The predicted molar refractivity (Wildman–Crippen MR) is 97.8 cm³/mol. The Kier molecular flexibility index (Phi) is 4.29. The molecule has 0 saturated heterocycles. The molecule has 2 amide bonds. The first-order valence-corrected chi connectivity index (χ1v) is 8.43. The van der Waals surface area contributed by atoms with Crippen molar-refractivity contribution in [2.24, 2.45) is 0 Å². The normalized spacial score (nSPS) is 13.9. The van der Waals surface area contributed by atoms with Gasteiger partial charge in [0.25, 0.3) is 11.8 Å². The Hall–Kier alpha value is -3.68. The average Bonchev–Trinajstić information content (AvgIpc) is 3.22. The minimum absolute atomic E-state index is 0.0137. The largest absolute Gasteiger partial charge is 0.482 e. The van der Waals surface area contributed by atoms with E-state index >= 15 is 0 Å². The molecular formula is C19H17N5O3. The van der Waals surface area contributed by atoms with E-state index in [1.165, 1.54) is 6.33 Å². The van der Waals surface area contributed by atoms with Crippen LogP contribution in [0.1, 0.15) is 28.9 Å². The summed E-state index contributed by atoms with van der Waals surface area (Å²) in [5.74, 6) is 0.0919. The molecule has 1 aliphatic heterocycles. The first-order valence-electron chi connectivity index (χ1n) is 8.43. The lowest BCUT2D eigenvalue weighted by Gasteiger charge is -2.19. The molecule has 2 heterocycles. The second-order valence-electron chi connectivity index (χ2n) is 6.17. The smallest absolute Gasteiger partial charge is 0.262 e. The van der Waals surface area contributed by atoms with Crippen molar-refractivity contribution in [3.63, 3.8) is 0 Å². The summed E-state index contributed by atoms with van der Waals surface area (Å²) < 4.78 is 6.97. The summed E-state index contributed by atoms with van der Waals surface area (Å²) in [4.78, 5) is 27.9. The lowest BCUT2D eigenvalue weighted by atomic mass is 10.1. The fourth-order valence-electron chi connectivity index (χ4n) is 2.84. The van der Waals surface area contributed by atoms with Crippen LogP contribution in [0.4, 0.5) is 5.69 Å². The monoisotopic (exact) mass is 363 g/mol. The topological polar surface area (TPSA) is 98.1 Å². The van der Waals surface area contributed by atoms with Crippen molar-refractivity contribution < 1.29 is 14.3 Å². The van der Waals surface area contributed by atoms with Gasteiger partial charge in [0.15, 0.2) is 6.61 Å². The molecule has 0 bridgehead atoms. The molecule has 0 unspecified atom stereocenters. The Bertz CT molecular complexity index is 983. The molecule has 2 N–H and O–H groups in total. The Morgan fingerprint density at radius 3 is 2.81 bits per heavy atom. The van der Waals surface area contributed by atoms with Crippen molar-refractivity contribution in [3.8, 4) is 11.4 Å². The number of fused-ring (bicyclic) bond motifs is 1. The van der Waals surface area contributed by atoms with E-state index in [4.69, 9.17) is 4.74 Å². The third kappa shape index (κ3) is 3.50. The van der Waals surface area contributed by atoms with Gasteiger partial charge in [-0.05, 0) is 42.8 Å². The van der Waals surface area contributed by atoms with Gasteiger partial charge in [0.05, 0.1) is 17.4 Å². The molecule has 0 radical (unpaired) electrons. The average molecular weight is 363 g/mol. The fraction of sp³-hybridized carbons (Fsp3) is 0.158. The van der Waals surface area contributed by atoms with E-state index < -0.39 is 0 Å². The molecule has 4 rings (SSSR count). The van der Waals surface area contributed by atoms with Crippen LogP contribution in [0.2, 0.25) is 0 Å². The van der Waals surface area contributed by atoms with Gasteiger partial charge in [-0.3, -0.25) is 9.59 Å². The van der Waals surface area contributed by atoms with Gasteiger partial charge in [-0.25, -0.2) is 9.67 Å². The lowest BCUT2D eigenvalue weighted by Crippen LogP contribution is -2.28. The van der Waals surface area contributed by atoms with Gasteiger partial charge >= 0.3 is 0 Å². The summed E-state index contributed by atoms with van der Waals surface area (Å²) in [6.45, 7) is 1.89. The van der Waals surface area contributed by atoms with Crippen molar-refractivity contribution >= 4 is 17.5 Å². The molecule has 1 atom stereocenters. The number of rotatable bonds is 4. The van der Waals surface area contributed by atoms with Crippen molar-refractivity contribution in [3.05, 3.63) is 66.2 Å². The third-order valence-corrected chi connectivity index (χ3v) is 4.30. The van der Waals surface area contributed by atoms with E-state index in [0.717, 1.165) is 11.3 Å². The molecular weight excluding hydrogens is 346 g/mol. The molecule has 1 aliphatic rings. The van der Waals surface area contributed by atoms with E-state index in [9.17, 15) is 9.59 Å². The highest BCUT2D eigenvalue weighted by molar-refractivity contribution is 5.99. The van der Waals surface area contributed by atoms with E-state index in [2.05, 4.69) is 20.7 Å². The maximum atomic E-state index is 12.6. The van der Waals surface area contributed by atoms with Crippen molar-refractivity contribution in [2.45, 2.75) is 13.0 Å². The summed E-state index contributed by atoms with van der Waals surface area (Å²) in [5, 5.41) is 9.75. The van der Waals surface area contributed by atoms with Crippen LogP contribution >= 0.6 is 0 Å². The lowest BCUT2D eigenvalue weighted by molar-refractivity contribution is -0.118. The Morgan fingerprint density at radius 2 is 2.07 bits per heavy atom. The van der Waals surface area contributed by atoms with Crippen LogP contribution < -0.4 is 15.4 Å². The number of carbonyl (C=O) groups excluding carboxylic acids is 2. The SMILES string of the molecule is C[C@@H](NC(=O)c1ccc2c(c1)NC(=O)CO2)c1ccc(-n2cncn2)cc1. The first-order chi connectivity index (χ1) is 13.1. The van der Waals surface area contributed by atoms with Gasteiger partial charge in [0, 0.05) is 5.56 Å². The second kappa shape index (κ2) is 6.91. The standard InChI is InChI=1S/C19H17N5O3/c1-12(13-2-5-15(6-3-13)24-11-20-10-21-24)22-19(26)14-4-7-17-16(8-14)23-18(25)9-27-17/h2-8,10-12H,9H2,1H3,(H,22,26)(H,23,25)/t12-/m1/s1. The summed E-state index contributed by atoms with van der Waals surface area (Å²) in [6, 6.07) is 12.5. The zero-order valence-electron chi connectivity index (χ0n) is 14.5. The highest BCUT2D eigenvalue weighted by Gasteiger charge is 2.19. The number of benzene rings is 2. The van der Waals surface area contributed by atoms with Crippen LogP contribution in [0, 0.1) is 0 Å². The molecule has 2 aromatic carbocycles. The fourth-order valence-corrected chi connectivity index (χ4v) is 2.84. The highest BCUT2D eigenvalue weighted by Crippen LogP contribution is 2.28. The number of amides is 2. The van der Waals surface area contributed by atoms with Crippen LogP contribution in [-0.4, -0.2) is 33.2 Å².